The molecule has 1 aromatic heterocycles. The van der Waals surface area contributed by atoms with Gasteiger partial charge in [-0.1, -0.05) is 18.2 Å². The summed E-state index contributed by atoms with van der Waals surface area (Å²) in [5.41, 5.74) is 2.79. The van der Waals surface area contributed by atoms with E-state index in [1.54, 1.807) is 24.0 Å². The van der Waals surface area contributed by atoms with Gasteiger partial charge < -0.3 is 19.3 Å². The van der Waals surface area contributed by atoms with E-state index in [1.807, 2.05) is 30.3 Å². The Morgan fingerprint density at radius 2 is 1.85 bits per heavy atom. The van der Waals surface area contributed by atoms with E-state index in [4.69, 9.17) is 19.4 Å². The van der Waals surface area contributed by atoms with Crippen molar-refractivity contribution in [1.29, 1.82) is 0 Å². The number of benzene rings is 2. The SMILES string of the molecule is Cc1cc(Oc2nc(N3CCOCC3)nc3c2CN(C(=O)c2ccccc2)CC3)ccc1F. The van der Waals surface area contributed by atoms with Gasteiger partial charge in [0.15, 0.2) is 0 Å². The molecule has 1 fully saturated rings. The number of aryl methyl sites for hydroxylation is 1. The smallest absolute Gasteiger partial charge is 0.254 e. The highest BCUT2D eigenvalue weighted by atomic mass is 19.1. The van der Waals surface area contributed by atoms with Gasteiger partial charge in [-0.25, -0.2) is 9.37 Å². The molecule has 2 aliphatic rings. The van der Waals surface area contributed by atoms with Crippen molar-refractivity contribution in [3.8, 4) is 11.6 Å². The first-order valence-electron chi connectivity index (χ1n) is 11.1. The van der Waals surface area contributed by atoms with Crippen molar-refractivity contribution in [2.75, 3.05) is 37.7 Å². The second-order valence-corrected chi connectivity index (χ2v) is 8.21. The number of hydrogen-bond acceptors (Lipinski definition) is 6. The molecule has 0 saturated carbocycles. The van der Waals surface area contributed by atoms with Crippen molar-refractivity contribution in [2.45, 2.75) is 19.9 Å². The fourth-order valence-electron chi connectivity index (χ4n) is 4.09. The first kappa shape index (κ1) is 21.3. The first-order chi connectivity index (χ1) is 16.1. The highest BCUT2D eigenvalue weighted by Crippen LogP contribution is 2.32. The maximum atomic E-state index is 13.8. The highest BCUT2D eigenvalue weighted by molar-refractivity contribution is 5.94. The lowest BCUT2D eigenvalue weighted by atomic mass is 10.1. The van der Waals surface area contributed by atoms with Gasteiger partial charge >= 0.3 is 0 Å². The van der Waals surface area contributed by atoms with Gasteiger partial charge in [-0.15, -0.1) is 0 Å². The minimum Gasteiger partial charge on any atom is -0.438 e. The molecule has 33 heavy (non-hydrogen) atoms. The highest BCUT2D eigenvalue weighted by Gasteiger charge is 2.28. The largest absolute Gasteiger partial charge is 0.438 e. The molecule has 3 heterocycles. The van der Waals surface area contributed by atoms with Crippen LogP contribution in [0.1, 0.15) is 27.2 Å². The van der Waals surface area contributed by atoms with Crippen LogP contribution in [0.5, 0.6) is 11.6 Å². The number of amides is 1. The van der Waals surface area contributed by atoms with Gasteiger partial charge in [0.2, 0.25) is 11.8 Å². The number of anilines is 1. The van der Waals surface area contributed by atoms with E-state index in [2.05, 4.69) is 4.90 Å². The number of carbonyl (C=O) groups is 1. The second-order valence-electron chi connectivity index (χ2n) is 8.21. The number of aromatic nitrogens is 2. The Hall–Kier alpha value is -3.52. The Morgan fingerprint density at radius 3 is 2.61 bits per heavy atom. The first-order valence-corrected chi connectivity index (χ1v) is 11.1. The van der Waals surface area contributed by atoms with E-state index >= 15 is 0 Å². The van der Waals surface area contributed by atoms with Crippen LogP contribution in [0.2, 0.25) is 0 Å². The summed E-state index contributed by atoms with van der Waals surface area (Å²) in [4.78, 5) is 26.5. The van der Waals surface area contributed by atoms with Crippen molar-refractivity contribution < 1.29 is 18.7 Å². The summed E-state index contributed by atoms with van der Waals surface area (Å²) in [6.07, 6.45) is 0.604. The molecular weight excluding hydrogens is 423 g/mol. The van der Waals surface area contributed by atoms with Crippen molar-refractivity contribution >= 4 is 11.9 Å². The third-order valence-corrected chi connectivity index (χ3v) is 5.96. The molecule has 8 heteroatoms. The van der Waals surface area contributed by atoms with Crippen molar-refractivity contribution in [3.05, 3.63) is 76.7 Å². The average molecular weight is 448 g/mol. The number of ether oxygens (including phenoxy) is 2. The maximum Gasteiger partial charge on any atom is 0.254 e. The molecule has 0 aliphatic carbocycles. The average Bonchev–Trinajstić information content (AvgIpc) is 2.86. The van der Waals surface area contributed by atoms with Crippen LogP contribution in [0.25, 0.3) is 0 Å². The topological polar surface area (TPSA) is 67.8 Å². The summed E-state index contributed by atoms with van der Waals surface area (Å²) >= 11 is 0. The molecule has 170 valence electrons. The zero-order valence-corrected chi connectivity index (χ0v) is 18.5. The van der Waals surface area contributed by atoms with Crippen LogP contribution < -0.4 is 9.64 Å². The fraction of sp³-hybridized carbons (Fsp3) is 0.320. The number of halogens is 1. The van der Waals surface area contributed by atoms with E-state index in [9.17, 15) is 9.18 Å². The van der Waals surface area contributed by atoms with Crippen LogP contribution in [0, 0.1) is 12.7 Å². The molecular formula is C25H25FN4O3. The maximum absolute atomic E-state index is 13.8. The predicted octanol–water partition coefficient (Wildman–Crippen LogP) is 3.75. The molecule has 1 amide bonds. The number of rotatable bonds is 4. The monoisotopic (exact) mass is 448 g/mol. The second kappa shape index (κ2) is 9.15. The molecule has 2 aliphatic heterocycles. The van der Waals surface area contributed by atoms with Gasteiger partial charge in [0, 0.05) is 31.6 Å². The fourth-order valence-corrected chi connectivity index (χ4v) is 4.09. The van der Waals surface area contributed by atoms with E-state index in [-0.39, 0.29) is 11.7 Å². The number of carbonyl (C=O) groups excluding carboxylic acids is 1. The molecule has 1 saturated heterocycles. The normalized spacial score (nSPS) is 15.8. The summed E-state index contributed by atoms with van der Waals surface area (Å²) in [6.45, 7) is 5.24. The third kappa shape index (κ3) is 4.52. The Kier molecular flexibility index (Phi) is 5.92. The molecule has 0 atom stereocenters. The lowest BCUT2D eigenvalue weighted by molar-refractivity contribution is 0.0731. The summed E-state index contributed by atoms with van der Waals surface area (Å²) in [5, 5.41) is 0. The summed E-state index contributed by atoms with van der Waals surface area (Å²) in [7, 11) is 0. The Labute approximate surface area is 191 Å². The van der Waals surface area contributed by atoms with Crippen LogP contribution in [-0.4, -0.2) is 53.6 Å². The molecule has 7 nitrogen and oxygen atoms in total. The van der Waals surface area contributed by atoms with Gasteiger partial charge in [0.25, 0.3) is 5.91 Å². The number of nitrogens with zero attached hydrogens (tertiary/aromatic N) is 4. The van der Waals surface area contributed by atoms with Gasteiger partial charge in [-0.2, -0.15) is 4.98 Å². The summed E-state index contributed by atoms with van der Waals surface area (Å²) in [6, 6.07) is 13.8. The van der Waals surface area contributed by atoms with E-state index < -0.39 is 0 Å². The Balaban J connectivity index is 1.49. The summed E-state index contributed by atoms with van der Waals surface area (Å²) < 4.78 is 25.4. The molecule has 0 unspecified atom stereocenters. The van der Waals surface area contributed by atoms with E-state index in [1.165, 1.54) is 6.07 Å². The van der Waals surface area contributed by atoms with Gasteiger partial charge in [0.05, 0.1) is 31.0 Å². The van der Waals surface area contributed by atoms with Crippen LogP contribution in [-0.2, 0) is 17.7 Å². The van der Waals surface area contributed by atoms with Crippen LogP contribution in [0.15, 0.2) is 48.5 Å². The molecule has 5 rings (SSSR count). The van der Waals surface area contributed by atoms with Crippen molar-refractivity contribution in [3.63, 3.8) is 0 Å². The molecule has 0 radical (unpaired) electrons. The van der Waals surface area contributed by atoms with Crippen LogP contribution in [0.4, 0.5) is 10.3 Å². The van der Waals surface area contributed by atoms with Gasteiger partial charge in [-0.3, -0.25) is 4.79 Å². The molecule has 2 aromatic carbocycles. The zero-order chi connectivity index (χ0) is 22.8. The molecule has 0 bridgehead atoms. The molecule has 0 spiro atoms. The lowest BCUT2D eigenvalue weighted by Crippen LogP contribution is -2.39. The van der Waals surface area contributed by atoms with Crippen LogP contribution in [0.3, 0.4) is 0 Å². The Morgan fingerprint density at radius 1 is 1.06 bits per heavy atom. The third-order valence-electron chi connectivity index (χ3n) is 5.96. The predicted molar refractivity (Wildman–Crippen MR) is 121 cm³/mol. The molecule has 3 aromatic rings. The number of fused-ring (bicyclic) bond motifs is 1. The quantitative estimate of drug-likeness (QED) is 0.606. The minimum atomic E-state index is -0.291. The minimum absolute atomic E-state index is 0.0397. The van der Waals surface area contributed by atoms with Gasteiger partial charge in [0.1, 0.15) is 11.6 Å². The summed E-state index contributed by atoms with van der Waals surface area (Å²) in [5.74, 6) is 1.16. The number of morpholine rings is 1. The molecule has 0 N–H and O–H groups in total. The number of hydrogen-bond donors (Lipinski definition) is 0. The Bertz CT molecular complexity index is 1170. The lowest BCUT2D eigenvalue weighted by Gasteiger charge is -2.32. The van der Waals surface area contributed by atoms with Crippen molar-refractivity contribution in [1.82, 2.24) is 14.9 Å². The standard InChI is InChI=1S/C25H25FN4O3/c1-17-15-19(7-8-21(17)26)33-23-20-16-30(24(31)18-5-3-2-4-6-18)10-9-22(20)27-25(28-23)29-11-13-32-14-12-29/h2-8,15H,9-14,16H2,1H3. The van der Waals surface area contributed by atoms with Crippen molar-refractivity contribution in [2.24, 2.45) is 0 Å². The van der Waals surface area contributed by atoms with Crippen LogP contribution >= 0.6 is 0 Å². The zero-order valence-electron chi connectivity index (χ0n) is 18.5. The van der Waals surface area contributed by atoms with E-state index in [0.717, 1.165) is 11.3 Å². The van der Waals surface area contributed by atoms with Gasteiger partial charge in [-0.05, 0) is 42.8 Å². The van der Waals surface area contributed by atoms with E-state index in [0.29, 0.717) is 74.5 Å².